The van der Waals surface area contributed by atoms with E-state index in [2.05, 4.69) is 19.1 Å². The number of rotatable bonds is 1. The summed E-state index contributed by atoms with van der Waals surface area (Å²) in [5.74, 6) is 2.20. The third-order valence-electron chi connectivity index (χ3n) is 6.98. The van der Waals surface area contributed by atoms with E-state index >= 15 is 0 Å². The number of aliphatic hydroxyl groups excluding tert-OH is 1. The Morgan fingerprint density at radius 2 is 2.22 bits per heavy atom. The Bertz CT molecular complexity index is 664. The zero-order valence-electron chi connectivity index (χ0n) is 13.7. The highest BCUT2D eigenvalue weighted by molar-refractivity contribution is 5.40. The van der Waals surface area contributed by atoms with Crippen LogP contribution in [-0.4, -0.2) is 16.3 Å². The Hall–Kier alpha value is -1.53. The van der Waals surface area contributed by atoms with E-state index in [-0.39, 0.29) is 11.5 Å². The molecule has 0 bridgehead atoms. The summed E-state index contributed by atoms with van der Waals surface area (Å²) in [6.45, 7) is 2.35. The first kappa shape index (κ1) is 15.0. The second-order valence-corrected chi connectivity index (χ2v) is 8.29. The van der Waals surface area contributed by atoms with Gasteiger partial charge in [-0.15, -0.1) is 0 Å². The summed E-state index contributed by atoms with van der Waals surface area (Å²) in [5, 5.41) is 29.4. The van der Waals surface area contributed by atoms with E-state index in [1.54, 1.807) is 6.07 Å². The highest BCUT2D eigenvalue weighted by atomic mass is 16.3. The van der Waals surface area contributed by atoms with Gasteiger partial charge in [0.05, 0.1) is 12.2 Å². The number of nitrogens with zero attached hydrogens (tertiary/aromatic N) is 1. The molecule has 6 atom stereocenters. The van der Waals surface area contributed by atoms with Gasteiger partial charge in [0, 0.05) is 6.42 Å². The van der Waals surface area contributed by atoms with Crippen molar-refractivity contribution in [2.45, 2.75) is 57.5 Å². The van der Waals surface area contributed by atoms with E-state index in [4.69, 9.17) is 0 Å². The number of phenols is 1. The lowest BCUT2D eigenvalue weighted by Crippen LogP contribution is -2.44. The largest absolute Gasteiger partial charge is 0.508 e. The summed E-state index contributed by atoms with van der Waals surface area (Å²) in [6.07, 6.45) is 5.42. The van der Waals surface area contributed by atoms with Crippen LogP contribution in [0.25, 0.3) is 0 Å². The number of phenolic OH excluding ortho intramolecular Hbond substituents is 1. The van der Waals surface area contributed by atoms with Crippen LogP contribution < -0.4 is 0 Å². The highest BCUT2D eigenvalue weighted by Gasteiger charge is 2.55. The molecule has 3 aliphatic carbocycles. The van der Waals surface area contributed by atoms with Crippen LogP contribution in [0.2, 0.25) is 0 Å². The van der Waals surface area contributed by atoms with Gasteiger partial charge in [0.15, 0.2) is 0 Å². The summed E-state index contributed by atoms with van der Waals surface area (Å²) in [5.41, 5.74) is 2.85. The molecule has 23 heavy (non-hydrogen) atoms. The Kier molecular flexibility index (Phi) is 3.43. The molecule has 1 aromatic carbocycles. The van der Waals surface area contributed by atoms with Crippen LogP contribution in [0.3, 0.4) is 0 Å². The summed E-state index contributed by atoms with van der Waals surface area (Å²) < 4.78 is 0. The van der Waals surface area contributed by atoms with Gasteiger partial charge in [-0.3, -0.25) is 0 Å². The van der Waals surface area contributed by atoms with Crippen LogP contribution in [0.15, 0.2) is 18.2 Å². The van der Waals surface area contributed by atoms with Crippen molar-refractivity contribution in [3.63, 3.8) is 0 Å². The van der Waals surface area contributed by atoms with E-state index in [0.29, 0.717) is 35.8 Å². The van der Waals surface area contributed by atoms with Crippen LogP contribution >= 0.6 is 0 Å². The first-order chi connectivity index (χ1) is 11.0. The molecule has 0 unspecified atom stereocenters. The molecule has 3 aliphatic rings. The lowest BCUT2D eigenvalue weighted by atomic mass is 9.52. The monoisotopic (exact) mass is 311 g/mol. The van der Waals surface area contributed by atoms with Crippen molar-refractivity contribution in [2.75, 3.05) is 0 Å². The van der Waals surface area contributed by atoms with Crippen LogP contribution in [0.4, 0.5) is 0 Å². The molecule has 2 fully saturated rings. The number of benzene rings is 1. The molecular formula is C20H25NO2. The zero-order valence-corrected chi connectivity index (χ0v) is 13.7. The Morgan fingerprint density at radius 3 is 3.00 bits per heavy atom. The van der Waals surface area contributed by atoms with Gasteiger partial charge in [0.25, 0.3) is 0 Å². The molecule has 0 saturated heterocycles. The molecule has 0 aliphatic heterocycles. The smallest absolute Gasteiger partial charge is 0.115 e. The second-order valence-electron chi connectivity index (χ2n) is 8.29. The summed E-state index contributed by atoms with van der Waals surface area (Å²) in [4.78, 5) is 0. The molecule has 0 amide bonds. The van der Waals surface area contributed by atoms with Gasteiger partial charge in [0.2, 0.25) is 0 Å². The number of aliphatic hydroxyl groups is 1. The Labute approximate surface area is 138 Å². The van der Waals surface area contributed by atoms with Crippen LogP contribution in [0.5, 0.6) is 5.75 Å². The molecule has 3 nitrogen and oxygen atoms in total. The third kappa shape index (κ3) is 2.27. The van der Waals surface area contributed by atoms with Gasteiger partial charge >= 0.3 is 0 Å². The van der Waals surface area contributed by atoms with Crippen LogP contribution in [-0.2, 0) is 6.42 Å². The van der Waals surface area contributed by atoms with Crippen molar-refractivity contribution in [3.05, 3.63) is 29.3 Å². The summed E-state index contributed by atoms with van der Waals surface area (Å²) >= 11 is 0. The molecule has 0 radical (unpaired) electrons. The van der Waals surface area contributed by atoms with Gasteiger partial charge < -0.3 is 10.2 Å². The van der Waals surface area contributed by atoms with Gasteiger partial charge in [-0.2, -0.15) is 5.26 Å². The molecule has 2 saturated carbocycles. The van der Waals surface area contributed by atoms with Crippen LogP contribution in [0, 0.1) is 34.5 Å². The minimum atomic E-state index is -0.173. The predicted molar refractivity (Wildman–Crippen MR) is 87.8 cm³/mol. The topological polar surface area (TPSA) is 64.2 Å². The number of nitriles is 1. The Morgan fingerprint density at radius 1 is 1.39 bits per heavy atom. The third-order valence-corrected chi connectivity index (χ3v) is 6.98. The standard InChI is InChI=1S/C20H25NO2/c1-20-6-4-17-16-3-2-14(22)9-13(16)8-12(5-7-21)19(17)18(20)10-15(23)11-20/h2-3,9,12,15,17-19,22-23H,4-6,8,10-11H2,1H3/t12-,15-,17-,18+,19-,20-/m1/s1. The summed E-state index contributed by atoms with van der Waals surface area (Å²) in [7, 11) is 0. The van der Waals surface area contributed by atoms with Crippen molar-refractivity contribution in [1.29, 1.82) is 5.26 Å². The van der Waals surface area contributed by atoms with Crippen molar-refractivity contribution in [2.24, 2.45) is 23.2 Å². The molecule has 1 aromatic rings. The minimum absolute atomic E-state index is 0.173. The average molecular weight is 311 g/mol. The molecule has 4 rings (SSSR count). The molecule has 2 N–H and O–H groups in total. The first-order valence-electron chi connectivity index (χ1n) is 8.88. The minimum Gasteiger partial charge on any atom is -0.508 e. The van der Waals surface area contributed by atoms with Crippen LogP contribution in [0.1, 0.15) is 56.1 Å². The lowest BCUT2D eigenvalue weighted by molar-refractivity contribution is 0.0272. The second kappa shape index (κ2) is 5.24. The SMILES string of the molecule is C[C@]12CC[C@@H]3c4ccc(O)cc4C[C@@H](CC#N)[C@H]3[C@@H]1C[C@@H](O)C2. The fourth-order valence-corrected chi connectivity index (χ4v) is 6.11. The van der Waals surface area contributed by atoms with E-state index in [1.165, 1.54) is 11.1 Å². The Balaban J connectivity index is 1.77. The van der Waals surface area contributed by atoms with Crippen molar-refractivity contribution in [3.8, 4) is 11.8 Å². The number of hydrogen-bond donors (Lipinski definition) is 2. The molecule has 0 spiro atoms. The molecule has 3 heteroatoms. The maximum absolute atomic E-state index is 10.3. The lowest BCUT2D eigenvalue weighted by Gasteiger charge is -2.52. The van der Waals surface area contributed by atoms with E-state index in [0.717, 1.165) is 32.1 Å². The average Bonchev–Trinajstić information content (AvgIpc) is 2.81. The maximum atomic E-state index is 10.3. The molecular weight excluding hydrogens is 286 g/mol. The molecule has 122 valence electrons. The number of aromatic hydroxyl groups is 1. The highest BCUT2D eigenvalue weighted by Crippen LogP contribution is 2.62. The van der Waals surface area contributed by atoms with Gasteiger partial charge in [0.1, 0.15) is 5.75 Å². The van der Waals surface area contributed by atoms with E-state index < -0.39 is 0 Å². The summed E-state index contributed by atoms with van der Waals surface area (Å²) in [6, 6.07) is 8.19. The van der Waals surface area contributed by atoms with Crippen molar-refractivity contribution >= 4 is 0 Å². The number of fused-ring (bicyclic) bond motifs is 5. The van der Waals surface area contributed by atoms with Crippen molar-refractivity contribution < 1.29 is 10.2 Å². The molecule has 0 aromatic heterocycles. The molecule has 0 heterocycles. The van der Waals surface area contributed by atoms with Crippen molar-refractivity contribution in [1.82, 2.24) is 0 Å². The zero-order chi connectivity index (χ0) is 16.2. The van der Waals surface area contributed by atoms with E-state index in [9.17, 15) is 15.5 Å². The normalized spacial score (nSPS) is 41.5. The number of hydrogen-bond acceptors (Lipinski definition) is 3. The fraction of sp³-hybridized carbons (Fsp3) is 0.650. The van der Waals surface area contributed by atoms with Gasteiger partial charge in [-0.05, 0) is 84.5 Å². The van der Waals surface area contributed by atoms with E-state index in [1.807, 2.05) is 6.07 Å². The first-order valence-corrected chi connectivity index (χ1v) is 8.88. The quantitative estimate of drug-likeness (QED) is 0.830. The fourth-order valence-electron chi connectivity index (χ4n) is 6.11. The van der Waals surface area contributed by atoms with Gasteiger partial charge in [-0.25, -0.2) is 0 Å². The maximum Gasteiger partial charge on any atom is 0.115 e. The predicted octanol–water partition coefficient (Wildman–Crippen LogP) is 3.75. The van der Waals surface area contributed by atoms with Gasteiger partial charge in [-0.1, -0.05) is 13.0 Å².